The summed E-state index contributed by atoms with van der Waals surface area (Å²) in [5, 5.41) is 43.0. The quantitative estimate of drug-likeness (QED) is 0.0660. The van der Waals surface area contributed by atoms with Crippen LogP contribution in [0.3, 0.4) is 0 Å². The lowest BCUT2D eigenvalue weighted by Gasteiger charge is -2.22. The number of halogens is 2. The molecule has 6 N–H and O–H groups in total. The number of carbonyl (C=O) groups is 4. The van der Waals surface area contributed by atoms with Gasteiger partial charge in [0.2, 0.25) is 0 Å². The average Bonchev–Trinajstić information content (AvgIpc) is 3.08. The molecular formula is C40H50F2N2O10. The third kappa shape index (κ3) is 17.0. The summed E-state index contributed by atoms with van der Waals surface area (Å²) >= 11 is 0. The van der Waals surface area contributed by atoms with Gasteiger partial charge in [0.15, 0.2) is 0 Å². The zero-order valence-electron chi connectivity index (χ0n) is 30.8. The van der Waals surface area contributed by atoms with E-state index in [2.05, 4.69) is 17.2 Å². The summed E-state index contributed by atoms with van der Waals surface area (Å²) in [6.07, 6.45) is 2.50. The van der Waals surface area contributed by atoms with Crippen molar-refractivity contribution in [3.63, 3.8) is 0 Å². The first-order valence-corrected chi connectivity index (χ1v) is 17.4. The van der Waals surface area contributed by atoms with E-state index in [1.54, 1.807) is 54.6 Å². The van der Waals surface area contributed by atoms with Gasteiger partial charge in [-0.1, -0.05) is 64.6 Å². The maximum absolute atomic E-state index is 13.3. The maximum Gasteiger partial charge on any atom is 0.321 e. The summed E-state index contributed by atoms with van der Waals surface area (Å²) < 4.78 is 37.5. The largest absolute Gasteiger partial charge is 0.490 e. The minimum atomic E-state index is -1.16. The average molecular weight is 757 g/mol. The molecule has 3 aromatic rings. The minimum Gasteiger partial charge on any atom is -0.490 e. The highest BCUT2D eigenvalue weighted by Gasteiger charge is 2.28. The van der Waals surface area contributed by atoms with Gasteiger partial charge in [0.25, 0.3) is 0 Å². The Morgan fingerprint density at radius 2 is 1.04 bits per heavy atom. The van der Waals surface area contributed by atoms with Crippen LogP contribution in [0.25, 0.3) is 0 Å². The molecule has 4 atom stereocenters. The van der Waals surface area contributed by atoms with Gasteiger partial charge in [-0.25, -0.2) is 8.78 Å². The van der Waals surface area contributed by atoms with E-state index in [0.717, 1.165) is 23.8 Å². The summed E-state index contributed by atoms with van der Waals surface area (Å²) in [7, 11) is 0. The highest BCUT2D eigenvalue weighted by molar-refractivity contribution is 5.78. The van der Waals surface area contributed by atoms with Gasteiger partial charge in [0, 0.05) is 6.07 Å². The van der Waals surface area contributed by atoms with Crippen molar-refractivity contribution < 1.29 is 57.9 Å². The monoisotopic (exact) mass is 756 g/mol. The number of nitrogens with one attached hydrogen (secondary N) is 2. The molecule has 294 valence electrons. The minimum absolute atomic E-state index is 0.0446. The highest BCUT2D eigenvalue weighted by Crippen LogP contribution is 2.19. The molecule has 3 aromatic carbocycles. The summed E-state index contributed by atoms with van der Waals surface area (Å²) in [6.45, 7) is 11.4. The number of hydrogen-bond donors (Lipinski definition) is 6. The second-order valence-corrected chi connectivity index (χ2v) is 13.5. The number of hydrogen-bond acceptors (Lipinski definition) is 8. The number of carboxylic acids is 4. The van der Waals surface area contributed by atoms with Gasteiger partial charge >= 0.3 is 23.9 Å². The standard InChI is InChI=1S/C22H25F2NO5.C18H25NO5/c1-13(2)6-19(21(26)27)25-20(22(28)29)10-14-4-3-5-18(9-14)30-12-15-7-16(23)11-17(24)8-15;1-4-8-24-14-7-5-6-13(10-14)11-16(18(22)23)19-15(17(20)21)9-12(2)3/h3-5,7-9,11,13,19-20,25H,6,10,12H2,1-2H3,(H,26,27)(H,28,29);4-7,10,12,15-16,19H,1,8-9,11H2,2-3H3,(H,20,21)(H,22,23). The Kier molecular flexibility index (Phi) is 18.8. The van der Waals surface area contributed by atoms with Crippen LogP contribution < -0.4 is 20.1 Å². The van der Waals surface area contributed by atoms with E-state index < -0.39 is 59.7 Å². The van der Waals surface area contributed by atoms with E-state index >= 15 is 0 Å². The molecule has 0 amide bonds. The van der Waals surface area contributed by atoms with Crippen molar-refractivity contribution >= 4 is 23.9 Å². The van der Waals surface area contributed by atoms with E-state index in [1.165, 1.54) is 0 Å². The van der Waals surface area contributed by atoms with Crippen molar-refractivity contribution in [3.05, 3.63) is 108 Å². The number of aliphatic carboxylic acids is 4. The fourth-order valence-corrected chi connectivity index (χ4v) is 5.36. The van der Waals surface area contributed by atoms with Gasteiger partial charge < -0.3 is 29.9 Å². The third-order valence-corrected chi connectivity index (χ3v) is 7.78. The van der Waals surface area contributed by atoms with Crippen molar-refractivity contribution in [2.45, 2.75) is 84.2 Å². The van der Waals surface area contributed by atoms with Gasteiger partial charge in [-0.2, -0.15) is 0 Å². The second-order valence-electron chi connectivity index (χ2n) is 13.5. The predicted octanol–water partition coefficient (Wildman–Crippen LogP) is 5.96. The van der Waals surface area contributed by atoms with Crippen molar-refractivity contribution in [1.29, 1.82) is 0 Å². The smallest absolute Gasteiger partial charge is 0.321 e. The Morgan fingerprint density at radius 1 is 0.630 bits per heavy atom. The van der Waals surface area contributed by atoms with Crippen molar-refractivity contribution in [2.75, 3.05) is 6.61 Å². The Morgan fingerprint density at radius 3 is 1.41 bits per heavy atom. The van der Waals surface area contributed by atoms with E-state index in [0.29, 0.717) is 42.1 Å². The van der Waals surface area contributed by atoms with Crippen LogP contribution >= 0.6 is 0 Å². The fourth-order valence-electron chi connectivity index (χ4n) is 5.36. The lowest BCUT2D eigenvalue weighted by atomic mass is 10.0. The van der Waals surface area contributed by atoms with Crippen LogP contribution in [-0.2, 0) is 38.6 Å². The Balaban J connectivity index is 0.000000383. The van der Waals surface area contributed by atoms with Crippen LogP contribution in [0.5, 0.6) is 11.5 Å². The molecular weight excluding hydrogens is 706 g/mol. The predicted molar refractivity (Wildman–Crippen MR) is 198 cm³/mol. The van der Waals surface area contributed by atoms with Crippen molar-refractivity contribution in [3.8, 4) is 11.5 Å². The molecule has 0 spiro atoms. The van der Waals surface area contributed by atoms with Crippen LogP contribution in [0.1, 0.15) is 57.2 Å². The SMILES string of the molecule is C=CCOc1cccc(CC(NC(CC(C)C)C(=O)O)C(=O)O)c1.CC(C)CC(NC(Cc1cccc(OCc2cc(F)cc(F)c2)c1)C(=O)O)C(=O)O. The zero-order valence-corrected chi connectivity index (χ0v) is 30.8. The van der Waals surface area contributed by atoms with Gasteiger partial charge in [0.05, 0.1) is 0 Å². The first-order valence-electron chi connectivity index (χ1n) is 17.4. The van der Waals surface area contributed by atoms with E-state index in [1.807, 2.05) is 27.7 Å². The van der Waals surface area contributed by atoms with Crippen LogP contribution in [0.15, 0.2) is 79.4 Å². The van der Waals surface area contributed by atoms with Crippen LogP contribution in [0.2, 0.25) is 0 Å². The molecule has 0 bridgehead atoms. The topological polar surface area (TPSA) is 192 Å². The first kappa shape index (κ1) is 44.8. The molecule has 0 aliphatic heterocycles. The molecule has 0 fully saturated rings. The first-order chi connectivity index (χ1) is 25.5. The second kappa shape index (κ2) is 22.7. The molecule has 3 rings (SSSR count). The van der Waals surface area contributed by atoms with E-state index in [4.69, 9.17) is 9.47 Å². The molecule has 0 saturated carbocycles. The number of rotatable bonds is 22. The normalized spacial score (nSPS) is 13.2. The molecule has 54 heavy (non-hydrogen) atoms. The highest BCUT2D eigenvalue weighted by atomic mass is 19.1. The summed E-state index contributed by atoms with van der Waals surface area (Å²) in [4.78, 5) is 45.9. The summed E-state index contributed by atoms with van der Waals surface area (Å²) in [5.41, 5.74) is 1.69. The lowest BCUT2D eigenvalue weighted by molar-refractivity contribution is -0.144. The van der Waals surface area contributed by atoms with Crippen LogP contribution in [-0.4, -0.2) is 75.1 Å². The molecule has 4 unspecified atom stereocenters. The fraction of sp³-hybridized carbons (Fsp3) is 0.400. The Hall–Kier alpha value is -5.34. The lowest BCUT2D eigenvalue weighted by Crippen LogP contribution is -2.48. The van der Waals surface area contributed by atoms with Crippen molar-refractivity contribution in [2.24, 2.45) is 11.8 Å². The molecule has 0 radical (unpaired) electrons. The molecule has 14 heteroatoms. The van der Waals surface area contributed by atoms with Crippen LogP contribution in [0, 0.1) is 23.5 Å². The number of benzene rings is 3. The molecule has 0 saturated heterocycles. The van der Waals surface area contributed by atoms with E-state index in [-0.39, 0.29) is 31.3 Å². The van der Waals surface area contributed by atoms with E-state index in [9.17, 15) is 48.4 Å². The Bertz CT molecular complexity index is 1680. The summed E-state index contributed by atoms with van der Waals surface area (Å²) in [5.74, 6) is -4.55. The summed E-state index contributed by atoms with van der Waals surface area (Å²) in [6, 6.07) is 12.8. The number of ether oxygens (including phenoxy) is 2. The molecule has 0 aromatic heterocycles. The van der Waals surface area contributed by atoms with Gasteiger partial charge in [-0.05, 0) is 90.6 Å². The molecule has 12 nitrogen and oxygen atoms in total. The maximum atomic E-state index is 13.3. The number of carboxylic acid groups (broad SMARTS) is 4. The van der Waals surface area contributed by atoms with Gasteiger partial charge in [-0.15, -0.1) is 0 Å². The van der Waals surface area contributed by atoms with Gasteiger partial charge in [0.1, 0.15) is 60.5 Å². The molecule has 0 aliphatic rings. The van der Waals surface area contributed by atoms with Crippen molar-refractivity contribution in [1.82, 2.24) is 10.6 Å². The third-order valence-electron chi connectivity index (χ3n) is 7.78. The molecule has 0 aliphatic carbocycles. The zero-order chi connectivity index (χ0) is 40.4. The van der Waals surface area contributed by atoms with Crippen LogP contribution in [0.4, 0.5) is 8.78 Å². The molecule has 0 heterocycles. The van der Waals surface area contributed by atoms with Gasteiger partial charge in [-0.3, -0.25) is 29.8 Å². The Labute approximate surface area is 313 Å².